The highest BCUT2D eigenvalue weighted by molar-refractivity contribution is 5.28. The third-order valence-corrected chi connectivity index (χ3v) is 3.14. The molecular weight excluding hydrogens is 250 g/mol. The highest BCUT2D eigenvalue weighted by atomic mass is 16.5. The van der Waals surface area contributed by atoms with E-state index in [1.165, 1.54) is 0 Å². The number of pyridine rings is 1. The van der Waals surface area contributed by atoms with Gasteiger partial charge in [-0.1, -0.05) is 25.1 Å². The molecular formula is C17H21NO2. The van der Waals surface area contributed by atoms with Gasteiger partial charge in [-0.05, 0) is 49.1 Å². The minimum absolute atomic E-state index is 0.461. The summed E-state index contributed by atoms with van der Waals surface area (Å²) in [6, 6.07) is 13.5. The van der Waals surface area contributed by atoms with Crippen LogP contribution in [0.2, 0.25) is 0 Å². The monoisotopic (exact) mass is 271 g/mol. The van der Waals surface area contributed by atoms with Crippen LogP contribution in [0.25, 0.3) is 0 Å². The van der Waals surface area contributed by atoms with Gasteiger partial charge in [0.15, 0.2) is 0 Å². The van der Waals surface area contributed by atoms with E-state index in [9.17, 15) is 5.11 Å². The van der Waals surface area contributed by atoms with Gasteiger partial charge in [0.2, 0.25) is 0 Å². The van der Waals surface area contributed by atoms with Crippen LogP contribution >= 0.6 is 0 Å². The van der Waals surface area contributed by atoms with Crippen molar-refractivity contribution in [2.45, 2.75) is 32.3 Å². The standard InChI is InChI=1S/C17H21NO2/c1-2-13-20-16-9-6-14(7-10-16)17(19)11-8-15-5-3-4-12-18-15/h3-7,9-10,12,17,19H,2,8,11,13H2,1H3. The van der Waals surface area contributed by atoms with E-state index in [0.717, 1.165) is 36.5 Å². The number of aliphatic hydroxyl groups excluding tert-OH is 1. The average molecular weight is 271 g/mol. The summed E-state index contributed by atoms with van der Waals surface area (Å²) in [5.41, 5.74) is 1.93. The molecule has 1 aromatic carbocycles. The lowest BCUT2D eigenvalue weighted by molar-refractivity contribution is 0.167. The average Bonchev–Trinajstić information content (AvgIpc) is 2.52. The van der Waals surface area contributed by atoms with Gasteiger partial charge >= 0.3 is 0 Å². The maximum Gasteiger partial charge on any atom is 0.119 e. The fourth-order valence-electron chi connectivity index (χ4n) is 2.00. The molecule has 0 fully saturated rings. The summed E-state index contributed by atoms with van der Waals surface area (Å²) in [7, 11) is 0. The van der Waals surface area contributed by atoms with Crippen LogP contribution in [0.3, 0.4) is 0 Å². The second-order valence-electron chi connectivity index (χ2n) is 4.79. The highest BCUT2D eigenvalue weighted by Gasteiger charge is 2.08. The maximum absolute atomic E-state index is 10.2. The number of hydrogen-bond acceptors (Lipinski definition) is 3. The van der Waals surface area contributed by atoms with Crippen LogP contribution in [0.4, 0.5) is 0 Å². The van der Waals surface area contributed by atoms with Gasteiger partial charge in [-0.25, -0.2) is 0 Å². The summed E-state index contributed by atoms with van der Waals surface area (Å²) in [5.74, 6) is 0.854. The number of aromatic nitrogens is 1. The number of hydrogen-bond donors (Lipinski definition) is 1. The summed E-state index contributed by atoms with van der Waals surface area (Å²) in [5, 5.41) is 10.2. The van der Waals surface area contributed by atoms with Gasteiger partial charge in [-0.3, -0.25) is 4.98 Å². The Morgan fingerprint density at radius 1 is 1.15 bits per heavy atom. The predicted octanol–water partition coefficient (Wildman–Crippen LogP) is 3.54. The van der Waals surface area contributed by atoms with E-state index in [0.29, 0.717) is 6.42 Å². The SMILES string of the molecule is CCCOc1ccc(C(O)CCc2ccccn2)cc1. The third-order valence-electron chi connectivity index (χ3n) is 3.14. The first-order valence-electron chi connectivity index (χ1n) is 7.10. The van der Waals surface area contributed by atoms with Crippen LogP contribution in [0.1, 0.15) is 37.1 Å². The van der Waals surface area contributed by atoms with Gasteiger partial charge < -0.3 is 9.84 Å². The van der Waals surface area contributed by atoms with Crippen LogP contribution in [0.5, 0.6) is 5.75 Å². The second kappa shape index (κ2) is 7.65. The minimum atomic E-state index is -0.461. The molecule has 0 saturated heterocycles. The molecule has 2 rings (SSSR count). The first-order valence-corrected chi connectivity index (χ1v) is 7.10. The molecule has 3 heteroatoms. The molecule has 0 aliphatic heterocycles. The van der Waals surface area contributed by atoms with Gasteiger partial charge in [0.1, 0.15) is 5.75 Å². The van der Waals surface area contributed by atoms with E-state index in [-0.39, 0.29) is 0 Å². The molecule has 20 heavy (non-hydrogen) atoms. The predicted molar refractivity (Wildman–Crippen MR) is 79.7 cm³/mol. The molecule has 0 spiro atoms. The van der Waals surface area contributed by atoms with Crippen molar-refractivity contribution < 1.29 is 9.84 Å². The van der Waals surface area contributed by atoms with Gasteiger partial charge in [-0.2, -0.15) is 0 Å². The second-order valence-corrected chi connectivity index (χ2v) is 4.79. The quantitative estimate of drug-likeness (QED) is 0.837. The van der Waals surface area contributed by atoms with Crippen molar-refractivity contribution in [1.29, 1.82) is 0 Å². The van der Waals surface area contributed by atoms with Gasteiger partial charge in [0, 0.05) is 11.9 Å². The molecule has 1 heterocycles. The Morgan fingerprint density at radius 2 is 1.95 bits per heavy atom. The summed E-state index contributed by atoms with van der Waals surface area (Å²) >= 11 is 0. The Hall–Kier alpha value is -1.87. The summed E-state index contributed by atoms with van der Waals surface area (Å²) in [6.07, 6.45) is 3.76. The van der Waals surface area contributed by atoms with Crippen molar-refractivity contribution in [3.63, 3.8) is 0 Å². The van der Waals surface area contributed by atoms with E-state index in [2.05, 4.69) is 11.9 Å². The van der Waals surface area contributed by atoms with Gasteiger partial charge in [0.05, 0.1) is 12.7 Å². The van der Waals surface area contributed by atoms with Gasteiger partial charge in [0.25, 0.3) is 0 Å². The Morgan fingerprint density at radius 3 is 2.60 bits per heavy atom. The summed E-state index contributed by atoms with van der Waals surface area (Å²) < 4.78 is 5.53. The smallest absolute Gasteiger partial charge is 0.119 e. The highest BCUT2D eigenvalue weighted by Crippen LogP contribution is 2.21. The zero-order chi connectivity index (χ0) is 14.2. The zero-order valence-electron chi connectivity index (χ0n) is 11.8. The molecule has 106 valence electrons. The van der Waals surface area contributed by atoms with Crippen LogP contribution in [0.15, 0.2) is 48.7 Å². The molecule has 0 bridgehead atoms. The molecule has 0 radical (unpaired) electrons. The molecule has 1 aromatic heterocycles. The number of aryl methyl sites for hydroxylation is 1. The van der Waals surface area contributed by atoms with Crippen molar-refractivity contribution in [1.82, 2.24) is 4.98 Å². The van der Waals surface area contributed by atoms with E-state index >= 15 is 0 Å². The normalized spacial score (nSPS) is 12.1. The molecule has 2 aromatic rings. The number of aliphatic hydroxyl groups is 1. The van der Waals surface area contributed by atoms with Crippen molar-refractivity contribution >= 4 is 0 Å². The molecule has 0 saturated carbocycles. The Kier molecular flexibility index (Phi) is 5.56. The van der Waals surface area contributed by atoms with Crippen LogP contribution in [-0.4, -0.2) is 16.7 Å². The summed E-state index contributed by atoms with van der Waals surface area (Å²) in [4.78, 5) is 4.26. The van der Waals surface area contributed by atoms with Crippen LogP contribution in [0, 0.1) is 0 Å². The minimum Gasteiger partial charge on any atom is -0.494 e. The number of nitrogens with zero attached hydrogens (tertiary/aromatic N) is 1. The lowest BCUT2D eigenvalue weighted by atomic mass is 10.0. The van der Waals surface area contributed by atoms with E-state index in [1.54, 1.807) is 6.20 Å². The lowest BCUT2D eigenvalue weighted by Gasteiger charge is -2.12. The molecule has 1 unspecified atom stereocenters. The van der Waals surface area contributed by atoms with Crippen LogP contribution < -0.4 is 4.74 Å². The fraction of sp³-hybridized carbons (Fsp3) is 0.353. The maximum atomic E-state index is 10.2. The lowest BCUT2D eigenvalue weighted by Crippen LogP contribution is -2.01. The number of ether oxygens (including phenoxy) is 1. The Bertz CT molecular complexity index is 496. The van der Waals surface area contributed by atoms with E-state index in [4.69, 9.17) is 4.74 Å². The van der Waals surface area contributed by atoms with E-state index in [1.807, 2.05) is 42.5 Å². The zero-order valence-corrected chi connectivity index (χ0v) is 11.8. The molecule has 0 aliphatic rings. The summed E-state index contributed by atoms with van der Waals surface area (Å²) in [6.45, 7) is 2.80. The number of benzene rings is 1. The molecule has 0 aliphatic carbocycles. The third kappa shape index (κ3) is 4.35. The van der Waals surface area contributed by atoms with Crippen molar-refractivity contribution in [3.05, 3.63) is 59.9 Å². The number of rotatable bonds is 7. The fourth-order valence-corrected chi connectivity index (χ4v) is 2.00. The molecule has 0 amide bonds. The largest absolute Gasteiger partial charge is 0.494 e. The van der Waals surface area contributed by atoms with Crippen molar-refractivity contribution in [2.24, 2.45) is 0 Å². The van der Waals surface area contributed by atoms with Crippen molar-refractivity contribution in [3.8, 4) is 5.75 Å². The molecule has 1 atom stereocenters. The Labute approximate surface area is 120 Å². The van der Waals surface area contributed by atoms with Crippen LogP contribution in [-0.2, 0) is 6.42 Å². The first kappa shape index (κ1) is 14.5. The molecule has 3 nitrogen and oxygen atoms in total. The topological polar surface area (TPSA) is 42.4 Å². The Balaban J connectivity index is 1.87. The first-order chi connectivity index (χ1) is 9.79. The molecule has 1 N–H and O–H groups in total. The van der Waals surface area contributed by atoms with E-state index < -0.39 is 6.10 Å². The van der Waals surface area contributed by atoms with Crippen molar-refractivity contribution in [2.75, 3.05) is 6.61 Å². The van der Waals surface area contributed by atoms with Gasteiger partial charge in [-0.15, -0.1) is 0 Å².